The van der Waals surface area contributed by atoms with E-state index in [0.29, 0.717) is 49.8 Å². The molecule has 136 valence electrons. The minimum atomic E-state index is -0.0267. The number of hydrogen-bond acceptors (Lipinski definition) is 3. The van der Waals surface area contributed by atoms with Gasteiger partial charge < -0.3 is 14.5 Å². The van der Waals surface area contributed by atoms with Crippen molar-refractivity contribution in [2.45, 2.75) is 6.42 Å². The summed E-state index contributed by atoms with van der Waals surface area (Å²) in [5.41, 5.74) is 0.616. The minimum Gasteiger partial charge on any atom is -0.493 e. The quantitative estimate of drug-likeness (QED) is 0.810. The van der Waals surface area contributed by atoms with E-state index in [1.54, 1.807) is 34.1 Å². The van der Waals surface area contributed by atoms with Gasteiger partial charge in [-0.2, -0.15) is 0 Å². The number of hydrogen-bond donors (Lipinski definition) is 0. The number of carbonyl (C=O) groups excluding carboxylic acids is 2. The van der Waals surface area contributed by atoms with Crippen LogP contribution in [0.15, 0.2) is 54.6 Å². The molecule has 0 saturated carbocycles. The van der Waals surface area contributed by atoms with Crippen molar-refractivity contribution >= 4 is 23.4 Å². The van der Waals surface area contributed by atoms with E-state index in [1.165, 1.54) is 0 Å². The molecule has 0 aromatic heterocycles. The molecule has 6 heteroatoms. The first-order valence-electron chi connectivity index (χ1n) is 8.64. The van der Waals surface area contributed by atoms with Crippen LogP contribution >= 0.6 is 11.6 Å². The van der Waals surface area contributed by atoms with Crippen LogP contribution in [-0.2, 0) is 4.79 Å². The van der Waals surface area contributed by atoms with E-state index >= 15 is 0 Å². The van der Waals surface area contributed by atoms with Gasteiger partial charge in [-0.1, -0.05) is 29.8 Å². The smallest absolute Gasteiger partial charge is 0.253 e. The van der Waals surface area contributed by atoms with Crippen LogP contribution in [0.4, 0.5) is 0 Å². The van der Waals surface area contributed by atoms with Crippen molar-refractivity contribution in [3.05, 3.63) is 65.2 Å². The summed E-state index contributed by atoms with van der Waals surface area (Å²) in [4.78, 5) is 28.3. The van der Waals surface area contributed by atoms with Gasteiger partial charge in [-0.15, -0.1) is 0 Å². The van der Waals surface area contributed by atoms with E-state index in [2.05, 4.69) is 0 Å². The highest BCUT2D eigenvalue weighted by Gasteiger charge is 2.24. The molecular weight excluding hydrogens is 352 g/mol. The Morgan fingerprint density at radius 3 is 2.15 bits per heavy atom. The molecular formula is C20H21ClN2O3. The van der Waals surface area contributed by atoms with Gasteiger partial charge >= 0.3 is 0 Å². The fourth-order valence-corrected chi connectivity index (χ4v) is 2.99. The van der Waals surface area contributed by atoms with Crippen LogP contribution in [0.25, 0.3) is 0 Å². The number of ether oxygens (including phenoxy) is 1. The van der Waals surface area contributed by atoms with Gasteiger partial charge in [0.1, 0.15) is 5.75 Å². The number of piperazine rings is 1. The zero-order valence-electron chi connectivity index (χ0n) is 14.4. The summed E-state index contributed by atoms with van der Waals surface area (Å²) in [5, 5.41) is 0.606. The highest BCUT2D eigenvalue weighted by molar-refractivity contribution is 6.30. The Hall–Kier alpha value is -2.53. The number of carbonyl (C=O) groups is 2. The van der Waals surface area contributed by atoms with E-state index in [1.807, 2.05) is 30.3 Å². The fraction of sp³-hybridized carbons (Fsp3) is 0.300. The number of amides is 2. The van der Waals surface area contributed by atoms with Crippen molar-refractivity contribution in [1.29, 1.82) is 0 Å². The first-order chi connectivity index (χ1) is 12.6. The van der Waals surface area contributed by atoms with Gasteiger partial charge in [-0.3, -0.25) is 9.59 Å². The summed E-state index contributed by atoms with van der Waals surface area (Å²) >= 11 is 5.86. The summed E-state index contributed by atoms with van der Waals surface area (Å²) in [6, 6.07) is 16.3. The third kappa shape index (κ3) is 4.76. The number of benzene rings is 2. The van der Waals surface area contributed by atoms with Crippen molar-refractivity contribution in [3.8, 4) is 5.75 Å². The van der Waals surface area contributed by atoms with Crippen molar-refractivity contribution in [2.75, 3.05) is 32.8 Å². The third-order valence-electron chi connectivity index (χ3n) is 4.34. The van der Waals surface area contributed by atoms with Gasteiger partial charge in [0.15, 0.2) is 0 Å². The Morgan fingerprint density at radius 2 is 1.50 bits per heavy atom. The van der Waals surface area contributed by atoms with Gasteiger partial charge in [-0.25, -0.2) is 0 Å². The van der Waals surface area contributed by atoms with Crippen molar-refractivity contribution in [1.82, 2.24) is 9.80 Å². The molecule has 0 atom stereocenters. The molecule has 1 aliphatic heterocycles. The molecule has 1 saturated heterocycles. The number of para-hydroxylation sites is 1. The lowest BCUT2D eigenvalue weighted by Crippen LogP contribution is -2.50. The summed E-state index contributed by atoms with van der Waals surface area (Å²) in [6.07, 6.45) is 0.333. The van der Waals surface area contributed by atoms with Crippen LogP contribution in [0, 0.1) is 0 Å². The molecule has 1 fully saturated rings. The molecule has 0 aliphatic carbocycles. The van der Waals surface area contributed by atoms with E-state index in [4.69, 9.17) is 16.3 Å². The Kier molecular flexibility index (Phi) is 6.12. The standard InChI is InChI=1S/C20H21ClN2O3/c21-17-8-6-16(7-9-17)20(25)23-13-11-22(12-14-23)19(24)10-15-26-18-4-2-1-3-5-18/h1-9H,10-15H2. The first kappa shape index (κ1) is 18.3. The summed E-state index contributed by atoms with van der Waals surface area (Å²) in [5.74, 6) is 0.791. The molecule has 1 heterocycles. The van der Waals surface area contributed by atoms with Gasteiger partial charge in [0, 0.05) is 36.8 Å². The molecule has 5 nitrogen and oxygen atoms in total. The predicted molar refractivity (Wildman–Crippen MR) is 100 cm³/mol. The second-order valence-corrected chi connectivity index (χ2v) is 6.53. The van der Waals surface area contributed by atoms with Crippen LogP contribution in [-0.4, -0.2) is 54.4 Å². The lowest BCUT2D eigenvalue weighted by molar-refractivity contribution is -0.133. The highest BCUT2D eigenvalue weighted by Crippen LogP contribution is 2.14. The normalized spacial score (nSPS) is 14.2. The molecule has 2 amide bonds. The molecule has 26 heavy (non-hydrogen) atoms. The molecule has 1 aliphatic rings. The first-order valence-corrected chi connectivity index (χ1v) is 9.02. The Bertz CT molecular complexity index is 741. The van der Waals surface area contributed by atoms with Crippen molar-refractivity contribution in [2.24, 2.45) is 0 Å². The van der Waals surface area contributed by atoms with Crippen LogP contribution in [0.1, 0.15) is 16.8 Å². The topological polar surface area (TPSA) is 49.9 Å². The molecule has 3 rings (SSSR count). The molecule has 2 aromatic carbocycles. The summed E-state index contributed by atoms with van der Waals surface area (Å²) in [7, 11) is 0. The average Bonchev–Trinajstić information content (AvgIpc) is 2.69. The number of halogens is 1. The Balaban J connectivity index is 1.43. The summed E-state index contributed by atoms with van der Waals surface area (Å²) < 4.78 is 5.57. The summed E-state index contributed by atoms with van der Waals surface area (Å²) in [6.45, 7) is 2.51. The fourth-order valence-electron chi connectivity index (χ4n) is 2.87. The van der Waals surface area contributed by atoms with Gasteiger partial charge in [-0.05, 0) is 36.4 Å². The Morgan fingerprint density at radius 1 is 0.885 bits per heavy atom. The monoisotopic (exact) mass is 372 g/mol. The van der Waals surface area contributed by atoms with Gasteiger partial charge in [0.2, 0.25) is 5.91 Å². The van der Waals surface area contributed by atoms with Crippen LogP contribution < -0.4 is 4.74 Å². The van der Waals surface area contributed by atoms with E-state index in [-0.39, 0.29) is 11.8 Å². The number of nitrogens with zero attached hydrogens (tertiary/aromatic N) is 2. The average molecular weight is 373 g/mol. The zero-order chi connectivity index (χ0) is 18.4. The molecule has 0 N–H and O–H groups in total. The second-order valence-electron chi connectivity index (χ2n) is 6.09. The van der Waals surface area contributed by atoms with E-state index < -0.39 is 0 Å². The third-order valence-corrected chi connectivity index (χ3v) is 4.59. The minimum absolute atomic E-state index is 0.0267. The zero-order valence-corrected chi connectivity index (χ0v) is 15.2. The maximum atomic E-state index is 12.5. The van der Waals surface area contributed by atoms with Gasteiger partial charge in [0.25, 0.3) is 5.91 Å². The maximum absolute atomic E-state index is 12.5. The van der Waals surface area contributed by atoms with Crippen molar-refractivity contribution < 1.29 is 14.3 Å². The molecule has 0 spiro atoms. The lowest BCUT2D eigenvalue weighted by atomic mass is 10.2. The van der Waals surface area contributed by atoms with Crippen molar-refractivity contribution in [3.63, 3.8) is 0 Å². The van der Waals surface area contributed by atoms with Gasteiger partial charge in [0.05, 0.1) is 13.0 Å². The second kappa shape index (κ2) is 8.72. The predicted octanol–water partition coefficient (Wildman–Crippen LogP) is 3.09. The molecule has 0 bridgehead atoms. The van der Waals surface area contributed by atoms with E-state index in [9.17, 15) is 9.59 Å². The maximum Gasteiger partial charge on any atom is 0.253 e. The SMILES string of the molecule is O=C(CCOc1ccccc1)N1CCN(C(=O)c2ccc(Cl)cc2)CC1. The molecule has 0 radical (unpaired) electrons. The highest BCUT2D eigenvalue weighted by atomic mass is 35.5. The van der Waals surface area contributed by atoms with Crippen LogP contribution in [0.5, 0.6) is 5.75 Å². The molecule has 0 unspecified atom stereocenters. The largest absolute Gasteiger partial charge is 0.493 e. The Labute approximate surface area is 158 Å². The van der Waals surface area contributed by atoms with Crippen LogP contribution in [0.2, 0.25) is 5.02 Å². The van der Waals surface area contributed by atoms with Crippen LogP contribution in [0.3, 0.4) is 0 Å². The number of rotatable bonds is 5. The lowest BCUT2D eigenvalue weighted by Gasteiger charge is -2.34. The molecule has 2 aromatic rings. The van der Waals surface area contributed by atoms with E-state index in [0.717, 1.165) is 5.75 Å².